The molecule has 0 aromatic carbocycles. The molecule has 1 aliphatic rings. The normalized spacial score (nSPS) is 17.1. The first kappa shape index (κ1) is 7.01. The van der Waals surface area contributed by atoms with Crippen LogP contribution in [0.2, 0.25) is 0 Å². The summed E-state index contributed by atoms with van der Waals surface area (Å²) < 4.78 is 0. The Morgan fingerprint density at radius 1 is 1.60 bits per heavy atom. The molecule has 2 heteroatoms. The Balaban J connectivity index is 2.74. The van der Waals surface area contributed by atoms with E-state index in [1.165, 1.54) is 5.57 Å². The third kappa shape index (κ3) is 1.24. The molecule has 1 aliphatic heterocycles. The van der Waals surface area contributed by atoms with E-state index in [0.717, 1.165) is 17.8 Å². The maximum absolute atomic E-state index is 8.38. The van der Waals surface area contributed by atoms with Gasteiger partial charge in [0.1, 0.15) is 0 Å². The van der Waals surface area contributed by atoms with Crippen LogP contribution in [0.1, 0.15) is 26.7 Å². The van der Waals surface area contributed by atoms with Gasteiger partial charge in [-0.1, -0.05) is 0 Å². The number of hydrogen-bond acceptors (Lipinski definition) is 2. The maximum atomic E-state index is 8.38. The van der Waals surface area contributed by atoms with Gasteiger partial charge in [-0.05, 0) is 19.4 Å². The van der Waals surface area contributed by atoms with Gasteiger partial charge in [0.15, 0.2) is 0 Å². The molecule has 0 N–H and O–H groups in total. The Morgan fingerprint density at radius 3 is 2.70 bits per heavy atom. The standard InChI is InChI=1S/C8H10N2/c1-6-5-7(2)10-8(6)3-4-9/h3,5H2,1-2H3. The summed E-state index contributed by atoms with van der Waals surface area (Å²) in [5, 5.41) is 8.38. The van der Waals surface area contributed by atoms with E-state index in [4.69, 9.17) is 5.26 Å². The Hall–Kier alpha value is -1.10. The zero-order chi connectivity index (χ0) is 7.56. The van der Waals surface area contributed by atoms with Crippen LogP contribution in [0.4, 0.5) is 0 Å². The molecule has 0 radical (unpaired) electrons. The second-order valence-corrected chi connectivity index (χ2v) is 2.59. The predicted molar refractivity (Wildman–Crippen MR) is 40.7 cm³/mol. The predicted octanol–water partition coefficient (Wildman–Crippen LogP) is 2.04. The van der Waals surface area contributed by atoms with Crippen LogP contribution in [-0.2, 0) is 0 Å². The smallest absolute Gasteiger partial charge is 0.0774 e. The summed E-state index contributed by atoms with van der Waals surface area (Å²) in [4.78, 5) is 4.23. The number of allylic oxidation sites excluding steroid dienone is 2. The summed E-state index contributed by atoms with van der Waals surface area (Å²) in [6.45, 7) is 4.03. The number of nitriles is 1. The Kier molecular flexibility index (Phi) is 1.86. The molecular weight excluding hydrogens is 124 g/mol. The molecule has 0 saturated carbocycles. The minimum absolute atomic E-state index is 0.461. The van der Waals surface area contributed by atoms with Crippen molar-refractivity contribution in [3.8, 4) is 6.07 Å². The lowest BCUT2D eigenvalue weighted by atomic mass is 10.1. The molecule has 0 aromatic heterocycles. The molecule has 0 fully saturated rings. The molecule has 0 atom stereocenters. The number of rotatable bonds is 1. The summed E-state index contributed by atoms with van der Waals surface area (Å²) in [7, 11) is 0. The summed E-state index contributed by atoms with van der Waals surface area (Å²) in [6, 6.07) is 2.10. The van der Waals surface area contributed by atoms with Crippen LogP contribution < -0.4 is 0 Å². The minimum Gasteiger partial charge on any atom is -0.261 e. The number of nitrogens with zero attached hydrogens (tertiary/aromatic N) is 2. The van der Waals surface area contributed by atoms with E-state index >= 15 is 0 Å². The van der Waals surface area contributed by atoms with Crippen LogP contribution in [-0.4, -0.2) is 5.71 Å². The van der Waals surface area contributed by atoms with Crippen molar-refractivity contribution in [2.45, 2.75) is 26.7 Å². The van der Waals surface area contributed by atoms with E-state index in [9.17, 15) is 0 Å². The molecular formula is C8H10N2. The van der Waals surface area contributed by atoms with Gasteiger partial charge in [-0.3, -0.25) is 4.99 Å². The number of hydrogen-bond donors (Lipinski definition) is 0. The fourth-order valence-corrected chi connectivity index (χ4v) is 1.12. The van der Waals surface area contributed by atoms with Crippen molar-refractivity contribution in [3.05, 3.63) is 11.3 Å². The van der Waals surface area contributed by atoms with E-state index in [2.05, 4.69) is 11.1 Å². The fourth-order valence-electron chi connectivity index (χ4n) is 1.12. The van der Waals surface area contributed by atoms with Gasteiger partial charge in [0.2, 0.25) is 0 Å². The average Bonchev–Trinajstić information content (AvgIpc) is 2.13. The van der Waals surface area contributed by atoms with Gasteiger partial charge in [0.05, 0.1) is 18.2 Å². The highest BCUT2D eigenvalue weighted by molar-refractivity contribution is 5.87. The zero-order valence-corrected chi connectivity index (χ0v) is 6.31. The van der Waals surface area contributed by atoms with Crippen molar-refractivity contribution in [2.75, 3.05) is 0 Å². The molecule has 0 aromatic rings. The molecule has 10 heavy (non-hydrogen) atoms. The molecule has 0 bridgehead atoms. The van der Waals surface area contributed by atoms with Crippen LogP contribution in [0.25, 0.3) is 0 Å². The average molecular weight is 134 g/mol. The summed E-state index contributed by atoms with van der Waals surface area (Å²) in [5.74, 6) is 0. The fraction of sp³-hybridized carbons (Fsp3) is 0.500. The Labute approximate surface area is 60.9 Å². The first-order valence-electron chi connectivity index (χ1n) is 3.34. The van der Waals surface area contributed by atoms with Crippen molar-refractivity contribution in [3.63, 3.8) is 0 Å². The molecule has 0 amide bonds. The van der Waals surface area contributed by atoms with Crippen molar-refractivity contribution in [1.29, 1.82) is 5.26 Å². The lowest BCUT2D eigenvalue weighted by Crippen LogP contribution is -1.82. The summed E-state index contributed by atoms with van der Waals surface area (Å²) in [6.07, 6.45) is 1.42. The second-order valence-electron chi connectivity index (χ2n) is 2.59. The van der Waals surface area contributed by atoms with Crippen molar-refractivity contribution in [1.82, 2.24) is 0 Å². The minimum atomic E-state index is 0.461. The highest BCUT2D eigenvalue weighted by Gasteiger charge is 2.09. The second kappa shape index (κ2) is 2.66. The van der Waals surface area contributed by atoms with Gasteiger partial charge in [-0.15, -0.1) is 0 Å². The SMILES string of the molecule is CC1=NC(CC#N)=C(C)C1. The third-order valence-corrected chi connectivity index (χ3v) is 1.59. The van der Waals surface area contributed by atoms with Crippen LogP contribution in [0.15, 0.2) is 16.3 Å². The zero-order valence-electron chi connectivity index (χ0n) is 6.31. The van der Waals surface area contributed by atoms with Crippen LogP contribution >= 0.6 is 0 Å². The highest BCUT2D eigenvalue weighted by atomic mass is 14.8. The van der Waals surface area contributed by atoms with Crippen LogP contribution in [0, 0.1) is 11.3 Å². The van der Waals surface area contributed by atoms with E-state index in [-0.39, 0.29) is 0 Å². The molecule has 0 spiro atoms. The lowest BCUT2D eigenvalue weighted by Gasteiger charge is -1.90. The molecule has 2 nitrogen and oxygen atoms in total. The number of aliphatic imine (C=N–C) groups is 1. The van der Waals surface area contributed by atoms with Gasteiger partial charge >= 0.3 is 0 Å². The van der Waals surface area contributed by atoms with Gasteiger partial charge in [0.25, 0.3) is 0 Å². The molecule has 1 rings (SSSR count). The quantitative estimate of drug-likeness (QED) is 0.540. The Morgan fingerprint density at radius 2 is 2.30 bits per heavy atom. The summed E-state index contributed by atoms with van der Waals surface area (Å²) in [5.41, 5.74) is 3.35. The van der Waals surface area contributed by atoms with Gasteiger partial charge < -0.3 is 0 Å². The van der Waals surface area contributed by atoms with Crippen molar-refractivity contribution < 1.29 is 0 Å². The van der Waals surface area contributed by atoms with Crippen molar-refractivity contribution in [2.24, 2.45) is 4.99 Å². The molecule has 1 heterocycles. The van der Waals surface area contributed by atoms with E-state index in [0.29, 0.717) is 6.42 Å². The van der Waals surface area contributed by atoms with Gasteiger partial charge in [-0.25, -0.2) is 0 Å². The first-order chi connectivity index (χ1) is 4.74. The van der Waals surface area contributed by atoms with Crippen molar-refractivity contribution >= 4 is 5.71 Å². The Bertz CT molecular complexity index is 240. The topological polar surface area (TPSA) is 36.1 Å². The lowest BCUT2D eigenvalue weighted by molar-refractivity contribution is 1.13. The van der Waals surface area contributed by atoms with E-state index in [1.807, 2.05) is 13.8 Å². The van der Waals surface area contributed by atoms with Gasteiger partial charge in [0, 0.05) is 12.1 Å². The molecule has 0 unspecified atom stereocenters. The monoisotopic (exact) mass is 134 g/mol. The third-order valence-electron chi connectivity index (χ3n) is 1.59. The summed E-state index contributed by atoms with van der Waals surface area (Å²) >= 11 is 0. The highest BCUT2D eigenvalue weighted by Crippen LogP contribution is 2.20. The molecule has 0 saturated heterocycles. The van der Waals surface area contributed by atoms with E-state index in [1.54, 1.807) is 0 Å². The molecule has 52 valence electrons. The molecule has 0 aliphatic carbocycles. The largest absolute Gasteiger partial charge is 0.261 e. The van der Waals surface area contributed by atoms with Crippen LogP contribution in [0.3, 0.4) is 0 Å². The van der Waals surface area contributed by atoms with Crippen LogP contribution in [0.5, 0.6) is 0 Å². The first-order valence-corrected chi connectivity index (χ1v) is 3.34. The maximum Gasteiger partial charge on any atom is 0.0774 e. The van der Waals surface area contributed by atoms with E-state index < -0.39 is 0 Å². The van der Waals surface area contributed by atoms with Gasteiger partial charge in [-0.2, -0.15) is 5.26 Å².